The number of nitriles is 1. The highest BCUT2D eigenvalue weighted by molar-refractivity contribution is 5.89. The maximum atomic E-state index is 9.47. The molecule has 3 heteroatoms. The van der Waals surface area contributed by atoms with Crippen molar-refractivity contribution >= 4 is 16.5 Å². The van der Waals surface area contributed by atoms with Gasteiger partial charge in [0.05, 0.1) is 11.4 Å². The van der Waals surface area contributed by atoms with Crippen molar-refractivity contribution in [1.29, 1.82) is 5.26 Å². The molecular formula is C17H15N3. The summed E-state index contributed by atoms with van der Waals surface area (Å²) in [5.74, 6) is 0. The van der Waals surface area contributed by atoms with Gasteiger partial charge in [0.15, 0.2) is 0 Å². The van der Waals surface area contributed by atoms with Crippen LogP contribution < -0.4 is 5.73 Å². The van der Waals surface area contributed by atoms with E-state index in [1.165, 1.54) is 0 Å². The molecular weight excluding hydrogens is 246 g/mol. The number of aromatic nitrogens is 1. The van der Waals surface area contributed by atoms with E-state index in [-0.39, 0.29) is 0 Å². The maximum absolute atomic E-state index is 9.47. The van der Waals surface area contributed by atoms with Crippen LogP contribution in [0.2, 0.25) is 0 Å². The number of benzene rings is 2. The van der Waals surface area contributed by atoms with Crippen LogP contribution in [0.4, 0.5) is 5.69 Å². The van der Waals surface area contributed by atoms with Crippen molar-refractivity contribution in [1.82, 2.24) is 4.57 Å². The third kappa shape index (κ3) is 1.74. The zero-order valence-electron chi connectivity index (χ0n) is 11.5. The van der Waals surface area contributed by atoms with Crippen LogP contribution in [-0.2, 0) is 0 Å². The van der Waals surface area contributed by atoms with E-state index in [0.29, 0.717) is 11.4 Å². The molecule has 0 aliphatic heterocycles. The molecule has 3 rings (SSSR count). The number of anilines is 1. The van der Waals surface area contributed by atoms with E-state index in [2.05, 4.69) is 6.07 Å². The number of fused-ring (bicyclic) bond motifs is 1. The Morgan fingerprint density at radius 1 is 1.10 bits per heavy atom. The number of nitrogens with zero attached hydrogens (tertiary/aromatic N) is 2. The van der Waals surface area contributed by atoms with E-state index in [1.807, 2.05) is 61.0 Å². The van der Waals surface area contributed by atoms with Gasteiger partial charge in [0.2, 0.25) is 0 Å². The highest BCUT2D eigenvalue weighted by Crippen LogP contribution is 2.28. The van der Waals surface area contributed by atoms with E-state index in [1.54, 1.807) is 0 Å². The molecule has 0 atom stereocenters. The van der Waals surface area contributed by atoms with Crippen molar-refractivity contribution in [2.75, 3.05) is 5.73 Å². The number of hydrogen-bond donors (Lipinski definition) is 1. The molecule has 0 saturated heterocycles. The van der Waals surface area contributed by atoms with Gasteiger partial charge in [0.1, 0.15) is 11.8 Å². The molecule has 2 aromatic carbocycles. The molecule has 1 aromatic heterocycles. The molecule has 0 spiro atoms. The van der Waals surface area contributed by atoms with Gasteiger partial charge in [0.25, 0.3) is 0 Å². The van der Waals surface area contributed by atoms with Crippen molar-refractivity contribution in [3.05, 3.63) is 59.4 Å². The summed E-state index contributed by atoms with van der Waals surface area (Å²) in [6.07, 6.45) is 1.97. The Labute approximate surface area is 117 Å². The Balaban J connectivity index is 2.36. The van der Waals surface area contributed by atoms with Gasteiger partial charge >= 0.3 is 0 Å². The highest BCUT2D eigenvalue weighted by Gasteiger charge is 2.12. The third-order valence-corrected chi connectivity index (χ3v) is 3.73. The molecule has 20 heavy (non-hydrogen) atoms. The van der Waals surface area contributed by atoms with E-state index in [9.17, 15) is 5.26 Å². The molecule has 0 unspecified atom stereocenters. The van der Waals surface area contributed by atoms with Gasteiger partial charge < -0.3 is 10.3 Å². The van der Waals surface area contributed by atoms with Crippen LogP contribution in [0.1, 0.15) is 16.8 Å². The standard InChI is InChI=1S/C17H15N3/c1-11-7-15(19)16(8-12(11)2)20-10-13-5-3-4-6-14(13)17(20)9-18/h3-8,10H,19H2,1-2H3. The minimum absolute atomic E-state index is 0.621. The topological polar surface area (TPSA) is 54.7 Å². The summed E-state index contributed by atoms with van der Waals surface area (Å²) < 4.78 is 1.88. The summed E-state index contributed by atoms with van der Waals surface area (Å²) in [5.41, 5.74) is 10.6. The van der Waals surface area contributed by atoms with Crippen LogP contribution in [0.5, 0.6) is 0 Å². The fourth-order valence-electron chi connectivity index (χ4n) is 2.49. The first-order valence-electron chi connectivity index (χ1n) is 6.49. The van der Waals surface area contributed by atoms with Gasteiger partial charge in [-0.3, -0.25) is 0 Å². The zero-order valence-corrected chi connectivity index (χ0v) is 11.5. The Kier molecular flexibility index (Phi) is 2.73. The lowest BCUT2D eigenvalue weighted by Crippen LogP contribution is -2.02. The minimum atomic E-state index is 0.621. The minimum Gasteiger partial charge on any atom is -0.397 e. The first kappa shape index (κ1) is 12.3. The van der Waals surface area contributed by atoms with Crippen molar-refractivity contribution < 1.29 is 0 Å². The third-order valence-electron chi connectivity index (χ3n) is 3.73. The first-order chi connectivity index (χ1) is 9.61. The number of rotatable bonds is 1. The molecule has 0 aliphatic carbocycles. The van der Waals surface area contributed by atoms with Crippen molar-refractivity contribution in [2.45, 2.75) is 13.8 Å². The van der Waals surface area contributed by atoms with Crippen LogP contribution in [0.3, 0.4) is 0 Å². The molecule has 1 heterocycles. The van der Waals surface area contributed by atoms with E-state index < -0.39 is 0 Å². The monoisotopic (exact) mass is 261 g/mol. The molecule has 3 nitrogen and oxygen atoms in total. The number of hydrogen-bond acceptors (Lipinski definition) is 2. The zero-order chi connectivity index (χ0) is 14.3. The lowest BCUT2D eigenvalue weighted by molar-refractivity contribution is 1.06. The molecule has 0 amide bonds. The average molecular weight is 261 g/mol. The predicted molar refractivity (Wildman–Crippen MR) is 81.9 cm³/mol. The quantitative estimate of drug-likeness (QED) is 0.679. The highest BCUT2D eigenvalue weighted by atomic mass is 15.0. The fourth-order valence-corrected chi connectivity index (χ4v) is 2.49. The number of nitrogen functional groups attached to an aromatic ring is 1. The normalized spacial score (nSPS) is 10.7. The first-order valence-corrected chi connectivity index (χ1v) is 6.49. The number of nitrogens with two attached hydrogens (primary N) is 1. The molecule has 2 N–H and O–H groups in total. The summed E-state index contributed by atoms with van der Waals surface area (Å²) in [6.45, 7) is 4.08. The summed E-state index contributed by atoms with van der Waals surface area (Å²) in [4.78, 5) is 0. The van der Waals surface area contributed by atoms with Crippen LogP contribution in [-0.4, -0.2) is 4.57 Å². The summed E-state index contributed by atoms with van der Waals surface area (Å²) in [5, 5.41) is 11.5. The molecule has 0 aliphatic rings. The van der Waals surface area contributed by atoms with Crippen LogP contribution in [0.15, 0.2) is 42.6 Å². The number of aryl methyl sites for hydroxylation is 2. The van der Waals surface area contributed by atoms with E-state index in [0.717, 1.165) is 27.6 Å². The Morgan fingerprint density at radius 3 is 2.55 bits per heavy atom. The van der Waals surface area contributed by atoms with Crippen molar-refractivity contribution in [2.24, 2.45) is 0 Å². The second kappa shape index (κ2) is 4.43. The SMILES string of the molecule is Cc1cc(N)c(-n2cc3ccccc3c2C#N)cc1C. The Morgan fingerprint density at radius 2 is 1.80 bits per heavy atom. The fraction of sp³-hybridized carbons (Fsp3) is 0.118. The summed E-state index contributed by atoms with van der Waals surface area (Å²) in [6, 6.07) is 14.1. The molecule has 0 radical (unpaired) electrons. The van der Waals surface area contributed by atoms with Gasteiger partial charge in [-0.05, 0) is 37.1 Å². The molecule has 98 valence electrons. The largest absolute Gasteiger partial charge is 0.397 e. The maximum Gasteiger partial charge on any atom is 0.132 e. The van der Waals surface area contributed by atoms with E-state index in [4.69, 9.17) is 5.73 Å². The second-order valence-electron chi connectivity index (χ2n) is 5.04. The lowest BCUT2D eigenvalue weighted by atomic mass is 10.1. The smallest absolute Gasteiger partial charge is 0.132 e. The van der Waals surface area contributed by atoms with Crippen molar-refractivity contribution in [3.63, 3.8) is 0 Å². The van der Waals surface area contributed by atoms with Gasteiger partial charge in [-0.15, -0.1) is 0 Å². The molecule has 0 saturated carbocycles. The average Bonchev–Trinajstić information content (AvgIpc) is 2.81. The van der Waals surface area contributed by atoms with Gasteiger partial charge in [-0.1, -0.05) is 24.3 Å². The summed E-state index contributed by atoms with van der Waals surface area (Å²) in [7, 11) is 0. The van der Waals surface area contributed by atoms with E-state index >= 15 is 0 Å². The molecule has 0 bridgehead atoms. The van der Waals surface area contributed by atoms with Crippen LogP contribution in [0, 0.1) is 25.2 Å². The van der Waals surface area contributed by atoms with Crippen molar-refractivity contribution in [3.8, 4) is 11.8 Å². The van der Waals surface area contributed by atoms with Crippen LogP contribution >= 0.6 is 0 Å². The lowest BCUT2D eigenvalue weighted by Gasteiger charge is -2.11. The predicted octanol–water partition coefficient (Wildman–Crippen LogP) is 3.70. The molecule has 3 aromatic rings. The second-order valence-corrected chi connectivity index (χ2v) is 5.04. The Hall–Kier alpha value is -2.73. The Bertz CT molecular complexity index is 851. The molecule has 0 fully saturated rings. The van der Waals surface area contributed by atoms with Gasteiger partial charge in [0, 0.05) is 17.0 Å². The van der Waals surface area contributed by atoms with Crippen LogP contribution in [0.25, 0.3) is 16.5 Å². The van der Waals surface area contributed by atoms with Gasteiger partial charge in [-0.25, -0.2) is 0 Å². The van der Waals surface area contributed by atoms with Gasteiger partial charge in [-0.2, -0.15) is 5.26 Å². The summed E-state index contributed by atoms with van der Waals surface area (Å²) >= 11 is 0.